The highest BCUT2D eigenvalue weighted by molar-refractivity contribution is 6.31. The van der Waals surface area contributed by atoms with Crippen LogP contribution in [0.15, 0.2) is 66.7 Å². The van der Waals surface area contributed by atoms with E-state index in [2.05, 4.69) is 10.6 Å². The van der Waals surface area contributed by atoms with Crippen molar-refractivity contribution in [3.63, 3.8) is 0 Å². The van der Waals surface area contributed by atoms with Gasteiger partial charge < -0.3 is 15.4 Å². The lowest BCUT2D eigenvalue weighted by molar-refractivity contribution is -0.116. The van der Waals surface area contributed by atoms with Gasteiger partial charge in [-0.3, -0.25) is 4.79 Å². The third-order valence-corrected chi connectivity index (χ3v) is 4.95. The summed E-state index contributed by atoms with van der Waals surface area (Å²) in [5.74, 6) is 0.658. The summed E-state index contributed by atoms with van der Waals surface area (Å²) in [5, 5.41) is 6.63. The Bertz CT molecular complexity index is 1040. The monoisotopic (exact) mass is 440 g/mol. The van der Waals surface area contributed by atoms with Crippen molar-refractivity contribution < 1.29 is 13.9 Å². The zero-order valence-electron chi connectivity index (χ0n) is 17.6. The van der Waals surface area contributed by atoms with E-state index in [0.717, 1.165) is 28.3 Å². The molecule has 0 aliphatic heterocycles. The molecule has 0 fully saturated rings. The van der Waals surface area contributed by atoms with Gasteiger partial charge in [-0.2, -0.15) is 0 Å². The SMILES string of the molecule is CC(C)CC(=O)Nc1cccc(NCc2ccccc2OCc2ccc(F)cc2Cl)c1. The molecule has 0 saturated heterocycles. The quantitative estimate of drug-likeness (QED) is 0.391. The van der Waals surface area contributed by atoms with E-state index in [1.807, 2.05) is 62.4 Å². The maximum Gasteiger partial charge on any atom is 0.224 e. The molecule has 0 heterocycles. The average molecular weight is 441 g/mol. The van der Waals surface area contributed by atoms with Crippen LogP contribution in [-0.4, -0.2) is 5.91 Å². The van der Waals surface area contributed by atoms with Crippen LogP contribution in [0.3, 0.4) is 0 Å². The summed E-state index contributed by atoms with van der Waals surface area (Å²) in [4.78, 5) is 12.0. The minimum atomic E-state index is -0.374. The smallest absolute Gasteiger partial charge is 0.224 e. The second-order valence-corrected chi connectivity index (χ2v) is 8.12. The largest absolute Gasteiger partial charge is 0.488 e. The molecule has 2 N–H and O–H groups in total. The number of amides is 1. The second kappa shape index (κ2) is 10.8. The number of hydrogen-bond donors (Lipinski definition) is 2. The van der Waals surface area contributed by atoms with E-state index < -0.39 is 0 Å². The average Bonchev–Trinajstić information content (AvgIpc) is 2.72. The first kappa shape index (κ1) is 22.6. The number of anilines is 2. The van der Waals surface area contributed by atoms with Crippen molar-refractivity contribution in [2.24, 2.45) is 5.92 Å². The molecule has 0 radical (unpaired) electrons. The van der Waals surface area contributed by atoms with Crippen molar-refractivity contribution in [1.82, 2.24) is 0 Å². The van der Waals surface area contributed by atoms with E-state index in [9.17, 15) is 9.18 Å². The van der Waals surface area contributed by atoms with Crippen LogP contribution >= 0.6 is 11.6 Å². The molecule has 0 unspecified atom stereocenters. The van der Waals surface area contributed by atoms with E-state index >= 15 is 0 Å². The van der Waals surface area contributed by atoms with E-state index in [1.54, 1.807) is 6.07 Å². The summed E-state index contributed by atoms with van der Waals surface area (Å²) in [7, 11) is 0. The summed E-state index contributed by atoms with van der Waals surface area (Å²) in [5.41, 5.74) is 3.33. The molecule has 0 spiro atoms. The van der Waals surface area contributed by atoms with Gasteiger partial charge in [0.1, 0.15) is 18.2 Å². The van der Waals surface area contributed by atoms with E-state index in [0.29, 0.717) is 23.9 Å². The molecule has 0 aliphatic rings. The number of halogens is 2. The molecule has 4 nitrogen and oxygen atoms in total. The maximum atomic E-state index is 13.2. The minimum absolute atomic E-state index is 0.00495. The van der Waals surface area contributed by atoms with Gasteiger partial charge in [-0.05, 0) is 42.3 Å². The first-order valence-corrected chi connectivity index (χ1v) is 10.6. The molecule has 3 rings (SSSR count). The molecular formula is C25H26ClFN2O2. The second-order valence-electron chi connectivity index (χ2n) is 7.71. The van der Waals surface area contributed by atoms with Crippen LogP contribution in [0.25, 0.3) is 0 Å². The molecule has 0 saturated carbocycles. The van der Waals surface area contributed by atoms with Gasteiger partial charge in [0.05, 0.1) is 5.02 Å². The molecule has 3 aromatic carbocycles. The molecule has 0 aliphatic carbocycles. The first-order valence-electron chi connectivity index (χ1n) is 10.2. The van der Waals surface area contributed by atoms with Crippen molar-refractivity contribution in [2.45, 2.75) is 33.4 Å². The number of rotatable bonds is 9. The molecule has 3 aromatic rings. The van der Waals surface area contributed by atoms with Gasteiger partial charge in [-0.25, -0.2) is 4.39 Å². The lowest BCUT2D eigenvalue weighted by Crippen LogP contribution is -2.14. The number of carbonyl (C=O) groups is 1. The first-order chi connectivity index (χ1) is 14.9. The number of benzene rings is 3. The summed E-state index contributed by atoms with van der Waals surface area (Å²) in [6, 6.07) is 19.6. The molecule has 0 bridgehead atoms. The van der Waals surface area contributed by atoms with Gasteiger partial charge in [0, 0.05) is 35.5 Å². The number of para-hydroxylation sites is 1. The standard InChI is InChI=1S/C25H26ClFN2O2/c1-17(2)12-25(30)29-22-8-5-7-21(14-22)28-15-18-6-3-4-9-24(18)31-16-19-10-11-20(27)13-23(19)26/h3-11,13-14,17,28H,12,15-16H2,1-2H3,(H,29,30). The fourth-order valence-electron chi connectivity index (χ4n) is 3.07. The fraction of sp³-hybridized carbons (Fsp3) is 0.240. The molecule has 0 atom stereocenters. The number of carbonyl (C=O) groups excluding carboxylic acids is 1. The number of ether oxygens (including phenoxy) is 1. The van der Waals surface area contributed by atoms with Gasteiger partial charge in [-0.15, -0.1) is 0 Å². The number of hydrogen-bond acceptors (Lipinski definition) is 3. The van der Waals surface area contributed by atoms with Gasteiger partial charge in [0.2, 0.25) is 5.91 Å². The lowest BCUT2D eigenvalue weighted by atomic mass is 10.1. The Labute approximate surface area is 187 Å². The molecule has 162 valence electrons. The van der Waals surface area contributed by atoms with Crippen LogP contribution in [0.2, 0.25) is 5.02 Å². The third kappa shape index (κ3) is 7.00. The summed E-state index contributed by atoms with van der Waals surface area (Å²) in [6.45, 7) is 4.81. The molecule has 6 heteroatoms. The Morgan fingerprint density at radius 2 is 1.77 bits per heavy atom. The van der Waals surface area contributed by atoms with Crippen molar-refractivity contribution in [3.05, 3.63) is 88.7 Å². The van der Waals surface area contributed by atoms with Gasteiger partial charge in [-0.1, -0.05) is 55.8 Å². The third-order valence-electron chi connectivity index (χ3n) is 4.59. The highest BCUT2D eigenvalue weighted by Gasteiger charge is 2.08. The molecule has 31 heavy (non-hydrogen) atoms. The molecule has 1 amide bonds. The van der Waals surface area contributed by atoms with E-state index in [-0.39, 0.29) is 18.3 Å². The van der Waals surface area contributed by atoms with Gasteiger partial charge in [0.25, 0.3) is 0 Å². The van der Waals surface area contributed by atoms with Crippen molar-refractivity contribution in [1.29, 1.82) is 0 Å². The topological polar surface area (TPSA) is 50.4 Å². The maximum absolute atomic E-state index is 13.2. The van der Waals surface area contributed by atoms with Crippen LogP contribution in [0.1, 0.15) is 31.4 Å². The summed E-state index contributed by atoms with van der Waals surface area (Å²) < 4.78 is 19.2. The van der Waals surface area contributed by atoms with Gasteiger partial charge >= 0.3 is 0 Å². The highest BCUT2D eigenvalue weighted by Crippen LogP contribution is 2.24. The zero-order chi connectivity index (χ0) is 22.2. The minimum Gasteiger partial charge on any atom is -0.488 e. The van der Waals surface area contributed by atoms with E-state index in [1.165, 1.54) is 12.1 Å². The van der Waals surface area contributed by atoms with E-state index in [4.69, 9.17) is 16.3 Å². The Morgan fingerprint density at radius 3 is 2.55 bits per heavy atom. The summed E-state index contributed by atoms with van der Waals surface area (Å²) >= 11 is 6.09. The zero-order valence-corrected chi connectivity index (χ0v) is 18.4. The number of nitrogens with one attached hydrogen (secondary N) is 2. The normalized spacial score (nSPS) is 10.7. The predicted molar refractivity (Wildman–Crippen MR) is 124 cm³/mol. The van der Waals surface area contributed by atoms with Crippen molar-refractivity contribution in [2.75, 3.05) is 10.6 Å². The summed E-state index contributed by atoms with van der Waals surface area (Å²) in [6.07, 6.45) is 0.487. The predicted octanol–water partition coefficient (Wildman–Crippen LogP) is 6.65. The molecular weight excluding hydrogens is 415 g/mol. The van der Waals surface area contributed by atoms with Gasteiger partial charge in [0.15, 0.2) is 0 Å². The lowest BCUT2D eigenvalue weighted by Gasteiger charge is -2.14. The van der Waals surface area contributed by atoms with Crippen LogP contribution < -0.4 is 15.4 Å². The Balaban J connectivity index is 1.62. The Kier molecular flexibility index (Phi) is 7.90. The van der Waals surface area contributed by atoms with Crippen LogP contribution in [0.4, 0.5) is 15.8 Å². The van der Waals surface area contributed by atoms with Crippen molar-refractivity contribution >= 4 is 28.9 Å². The van der Waals surface area contributed by atoms with Crippen LogP contribution in [-0.2, 0) is 17.9 Å². The van der Waals surface area contributed by atoms with Crippen molar-refractivity contribution in [3.8, 4) is 5.75 Å². The Morgan fingerprint density at radius 1 is 1.00 bits per heavy atom. The highest BCUT2D eigenvalue weighted by atomic mass is 35.5. The fourth-order valence-corrected chi connectivity index (χ4v) is 3.29. The van der Waals surface area contributed by atoms with Crippen LogP contribution in [0.5, 0.6) is 5.75 Å². The Hall–Kier alpha value is -3.05. The van der Waals surface area contributed by atoms with Crippen LogP contribution in [0, 0.1) is 11.7 Å². The molecule has 0 aromatic heterocycles.